The average molecular weight is 376 g/mol. The Morgan fingerprint density at radius 2 is 2.00 bits per heavy atom. The fourth-order valence-electron chi connectivity index (χ4n) is 4.35. The van der Waals surface area contributed by atoms with E-state index in [1.807, 2.05) is 17.4 Å². The van der Waals surface area contributed by atoms with Crippen LogP contribution in [0.15, 0.2) is 30.6 Å². The van der Waals surface area contributed by atoms with Crippen LogP contribution in [0.4, 0.5) is 5.69 Å². The minimum Gasteiger partial charge on any atom is -0.381 e. The number of nitrogens with zero attached hydrogens (tertiary/aromatic N) is 3. The van der Waals surface area contributed by atoms with E-state index in [-0.39, 0.29) is 5.91 Å². The molecule has 0 spiro atoms. The maximum absolute atomic E-state index is 12.9. The zero-order valence-corrected chi connectivity index (χ0v) is 16.1. The van der Waals surface area contributed by atoms with Crippen LogP contribution in [0.3, 0.4) is 0 Å². The highest BCUT2D eigenvalue weighted by molar-refractivity contribution is 6.06. The summed E-state index contributed by atoms with van der Waals surface area (Å²) >= 11 is 0. The number of hydrogen-bond acceptors (Lipinski definition) is 4. The highest BCUT2D eigenvalue weighted by atomic mass is 16.5. The first-order valence-corrected chi connectivity index (χ1v) is 10.0. The number of aryl methyl sites for hydroxylation is 3. The Bertz CT molecular complexity index is 1050. The number of benzene rings is 1. The van der Waals surface area contributed by atoms with Gasteiger partial charge in [-0.1, -0.05) is 6.07 Å². The molecule has 2 aromatic heterocycles. The summed E-state index contributed by atoms with van der Waals surface area (Å²) in [6, 6.07) is 8.29. The Hall–Kier alpha value is -2.73. The molecule has 0 saturated carbocycles. The molecule has 0 unspecified atom stereocenters. The number of amides is 1. The Balaban J connectivity index is 1.46. The van der Waals surface area contributed by atoms with E-state index in [9.17, 15) is 4.79 Å². The van der Waals surface area contributed by atoms with E-state index in [0.29, 0.717) is 17.3 Å². The third kappa shape index (κ3) is 3.07. The predicted molar refractivity (Wildman–Crippen MR) is 107 cm³/mol. The van der Waals surface area contributed by atoms with Gasteiger partial charge in [0, 0.05) is 36.2 Å². The predicted octanol–water partition coefficient (Wildman–Crippen LogP) is 3.67. The molecule has 28 heavy (non-hydrogen) atoms. The standard InChI is InChI=1S/C22H24N4O2/c1-14-11-19(16-7-9-28-10-8-16)25-21-20(23-13-26(14)21)22(27)24-18-6-5-15-3-2-4-17(15)12-18/h5-6,11-13,16H,2-4,7-10H2,1H3,(H,24,27). The third-order valence-corrected chi connectivity index (χ3v) is 5.93. The molecule has 144 valence electrons. The van der Waals surface area contributed by atoms with Crippen molar-refractivity contribution in [3.05, 3.63) is 58.8 Å². The van der Waals surface area contributed by atoms with E-state index < -0.39 is 0 Å². The van der Waals surface area contributed by atoms with Crippen molar-refractivity contribution >= 4 is 17.2 Å². The zero-order chi connectivity index (χ0) is 19.1. The van der Waals surface area contributed by atoms with Crippen molar-refractivity contribution in [2.75, 3.05) is 18.5 Å². The van der Waals surface area contributed by atoms with Gasteiger partial charge in [0.05, 0.1) is 0 Å². The molecule has 1 aromatic carbocycles. The molecule has 1 aliphatic carbocycles. The lowest BCUT2D eigenvalue weighted by molar-refractivity contribution is 0.0845. The van der Waals surface area contributed by atoms with E-state index in [1.165, 1.54) is 17.5 Å². The van der Waals surface area contributed by atoms with Crippen LogP contribution in [0.1, 0.15) is 58.2 Å². The van der Waals surface area contributed by atoms with Crippen LogP contribution in [0.2, 0.25) is 0 Å². The van der Waals surface area contributed by atoms with Crippen molar-refractivity contribution in [1.82, 2.24) is 14.4 Å². The van der Waals surface area contributed by atoms with Crippen LogP contribution in [0.25, 0.3) is 5.65 Å². The van der Waals surface area contributed by atoms with Gasteiger partial charge in [0.2, 0.25) is 0 Å². The van der Waals surface area contributed by atoms with Crippen molar-refractivity contribution in [2.45, 2.75) is 44.9 Å². The summed E-state index contributed by atoms with van der Waals surface area (Å²) in [6.45, 7) is 3.56. The Kier molecular flexibility index (Phi) is 4.36. The van der Waals surface area contributed by atoms with Crippen molar-refractivity contribution in [3.63, 3.8) is 0 Å². The second-order valence-electron chi connectivity index (χ2n) is 7.79. The van der Waals surface area contributed by atoms with Gasteiger partial charge in [-0.25, -0.2) is 9.97 Å². The normalized spacial score (nSPS) is 17.0. The molecule has 6 nitrogen and oxygen atoms in total. The number of nitrogens with one attached hydrogen (secondary N) is 1. The van der Waals surface area contributed by atoms with Gasteiger partial charge in [-0.3, -0.25) is 9.20 Å². The molecule has 1 aliphatic heterocycles. The zero-order valence-electron chi connectivity index (χ0n) is 16.1. The van der Waals surface area contributed by atoms with Gasteiger partial charge in [0.1, 0.15) is 6.33 Å². The molecule has 3 heterocycles. The van der Waals surface area contributed by atoms with E-state index in [4.69, 9.17) is 9.72 Å². The number of hydrogen-bond donors (Lipinski definition) is 1. The van der Waals surface area contributed by atoms with Crippen LogP contribution >= 0.6 is 0 Å². The molecule has 1 amide bonds. The smallest absolute Gasteiger partial charge is 0.278 e. The maximum Gasteiger partial charge on any atom is 0.278 e. The lowest BCUT2D eigenvalue weighted by atomic mass is 9.96. The summed E-state index contributed by atoms with van der Waals surface area (Å²) in [6.07, 6.45) is 7.02. The van der Waals surface area contributed by atoms with Crippen LogP contribution < -0.4 is 5.32 Å². The van der Waals surface area contributed by atoms with Gasteiger partial charge < -0.3 is 10.1 Å². The molecule has 1 fully saturated rings. The highest BCUT2D eigenvalue weighted by Crippen LogP contribution is 2.28. The van der Waals surface area contributed by atoms with Gasteiger partial charge in [-0.15, -0.1) is 0 Å². The number of imidazole rings is 1. The maximum atomic E-state index is 12.9. The van der Waals surface area contributed by atoms with E-state index >= 15 is 0 Å². The molecule has 0 bridgehead atoms. The molecule has 1 saturated heterocycles. The Labute approximate surface area is 164 Å². The second-order valence-corrected chi connectivity index (χ2v) is 7.79. The summed E-state index contributed by atoms with van der Waals surface area (Å²) in [5, 5.41) is 3.01. The van der Waals surface area contributed by atoms with Gasteiger partial charge in [-0.2, -0.15) is 0 Å². The van der Waals surface area contributed by atoms with Gasteiger partial charge in [0.25, 0.3) is 5.91 Å². The van der Waals surface area contributed by atoms with Crippen molar-refractivity contribution in [2.24, 2.45) is 0 Å². The molecule has 1 N–H and O–H groups in total. The Morgan fingerprint density at radius 3 is 2.86 bits per heavy atom. The first-order valence-electron chi connectivity index (χ1n) is 10.0. The number of rotatable bonds is 3. The molecule has 6 heteroatoms. The lowest BCUT2D eigenvalue weighted by Gasteiger charge is -2.22. The molecular weight excluding hydrogens is 352 g/mol. The SMILES string of the molecule is Cc1cc(C2CCOCC2)nc2c(C(=O)Nc3ccc4c(c3)CCC4)ncn12. The monoisotopic (exact) mass is 376 g/mol. The third-order valence-electron chi connectivity index (χ3n) is 5.93. The highest BCUT2D eigenvalue weighted by Gasteiger charge is 2.22. The fraction of sp³-hybridized carbons (Fsp3) is 0.409. The minimum atomic E-state index is -0.212. The van der Waals surface area contributed by atoms with Crippen LogP contribution in [-0.2, 0) is 17.6 Å². The van der Waals surface area contributed by atoms with Gasteiger partial charge >= 0.3 is 0 Å². The quantitative estimate of drug-likeness (QED) is 0.757. The number of ether oxygens (including phenoxy) is 1. The largest absolute Gasteiger partial charge is 0.381 e. The molecule has 3 aromatic rings. The van der Waals surface area contributed by atoms with Crippen LogP contribution in [0, 0.1) is 6.92 Å². The average Bonchev–Trinajstić information content (AvgIpc) is 3.35. The van der Waals surface area contributed by atoms with Crippen LogP contribution in [-0.4, -0.2) is 33.5 Å². The lowest BCUT2D eigenvalue weighted by Crippen LogP contribution is -2.17. The van der Waals surface area contributed by atoms with E-state index in [1.54, 1.807) is 6.33 Å². The van der Waals surface area contributed by atoms with E-state index in [2.05, 4.69) is 28.5 Å². The first-order chi connectivity index (χ1) is 13.7. The summed E-state index contributed by atoms with van der Waals surface area (Å²) in [4.78, 5) is 22.1. The Morgan fingerprint density at radius 1 is 1.18 bits per heavy atom. The summed E-state index contributed by atoms with van der Waals surface area (Å²) in [5.74, 6) is 0.163. The number of fused-ring (bicyclic) bond motifs is 2. The summed E-state index contributed by atoms with van der Waals surface area (Å²) in [5.41, 5.74) is 6.62. The summed E-state index contributed by atoms with van der Waals surface area (Å²) < 4.78 is 7.36. The molecule has 5 rings (SSSR count). The number of carbonyl (C=O) groups is 1. The molecule has 2 aliphatic rings. The van der Waals surface area contributed by atoms with Crippen LogP contribution in [0.5, 0.6) is 0 Å². The van der Waals surface area contributed by atoms with Crippen molar-refractivity contribution < 1.29 is 9.53 Å². The molecule has 0 atom stereocenters. The number of carbonyl (C=O) groups excluding carboxylic acids is 1. The molecular formula is C22H24N4O2. The number of aromatic nitrogens is 3. The topological polar surface area (TPSA) is 68.5 Å². The summed E-state index contributed by atoms with van der Waals surface area (Å²) in [7, 11) is 0. The number of anilines is 1. The molecule has 0 radical (unpaired) electrons. The van der Waals surface area contributed by atoms with Gasteiger partial charge in [0.15, 0.2) is 11.3 Å². The van der Waals surface area contributed by atoms with Gasteiger partial charge in [-0.05, 0) is 68.4 Å². The van der Waals surface area contributed by atoms with Crippen molar-refractivity contribution in [1.29, 1.82) is 0 Å². The minimum absolute atomic E-state index is 0.212. The van der Waals surface area contributed by atoms with Crippen molar-refractivity contribution in [3.8, 4) is 0 Å². The van der Waals surface area contributed by atoms with E-state index in [0.717, 1.165) is 56.0 Å². The first kappa shape index (κ1) is 17.4. The fourth-order valence-corrected chi connectivity index (χ4v) is 4.35. The second kappa shape index (κ2) is 7.02.